The van der Waals surface area contributed by atoms with Gasteiger partial charge in [0.2, 0.25) is 0 Å². The van der Waals surface area contributed by atoms with Crippen LogP contribution in [0, 0.1) is 6.92 Å². The van der Waals surface area contributed by atoms with Crippen molar-refractivity contribution in [3.8, 4) is 16.9 Å². The van der Waals surface area contributed by atoms with Crippen LogP contribution in [-0.2, 0) is 0 Å². The lowest BCUT2D eigenvalue weighted by Gasteiger charge is -2.09. The minimum absolute atomic E-state index is 0.231. The topological polar surface area (TPSA) is 46.9 Å². The summed E-state index contributed by atoms with van der Waals surface area (Å²) in [6.45, 7) is 6.36. The molecular weight excluding hydrogens is 418 g/mol. The van der Waals surface area contributed by atoms with E-state index in [2.05, 4.69) is 68.6 Å². The van der Waals surface area contributed by atoms with Gasteiger partial charge < -0.3 is 5.32 Å². The second-order valence-electron chi connectivity index (χ2n) is 8.96. The van der Waals surface area contributed by atoms with Gasteiger partial charge in [-0.05, 0) is 71.1 Å². The van der Waals surface area contributed by atoms with Crippen molar-refractivity contribution in [2.24, 2.45) is 0 Å². The summed E-state index contributed by atoms with van der Waals surface area (Å²) in [5.74, 6) is 0.213. The predicted octanol–water partition coefficient (Wildman–Crippen LogP) is 7.38. The summed E-state index contributed by atoms with van der Waals surface area (Å²) in [5.41, 5.74) is 6.30. The van der Waals surface area contributed by atoms with Crippen molar-refractivity contribution in [1.29, 1.82) is 0 Å². The van der Waals surface area contributed by atoms with Crippen LogP contribution in [0.3, 0.4) is 0 Å². The van der Waals surface area contributed by atoms with E-state index >= 15 is 0 Å². The molecule has 1 aromatic heterocycles. The highest BCUT2D eigenvalue weighted by molar-refractivity contribution is 6.03. The van der Waals surface area contributed by atoms with Crippen molar-refractivity contribution in [2.75, 3.05) is 5.32 Å². The van der Waals surface area contributed by atoms with Gasteiger partial charge in [-0.25, -0.2) is 4.68 Å². The molecule has 1 heterocycles. The number of aromatic nitrogens is 2. The molecule has 34 heavy (non-hydrogen) atoms. The van der Waals surface area contributed by atoms with Gasteiger partial charge in [0, 0.05) is 11.3 Å². The van der Waals surface area contributed by atoms with Crippen LogP contribution in [-0.4, -0.2) is 15.7 Å². The maximum Gasteiger partial charge on any atom is 0.276 e. The van der Waals surface area contributed by atoms with Crippen LogP contribution in [0.1, 0.15) is 41.4 Å². The maximum atomic E-state index is 13.2. The number of aryl methyl sites for hydroxylation is 1. The normalized spacial score (nSPS) is 11.2. The summed E-state index contributed by atoms with van der Waals surface area (Å²) < 4.78 is 1.86. The van der Waals surface area contributed by atoms with E-state index in [0.29, 0.717) is 11.6 Å². The molecule has 0 bridgehead atoms. The molecule has 0 aliphatic carbocycles. The Kier molecular flexibility index (Phi) is 5.72. The Morgan fingerprint density at radius 2 is 1.59 bits per heavy atom. The maximum absolute atomic E-state index is 13.2. The molecule has 0 spiro atoms. The molecule has 4 aromatic carbocycles. The summed E-state index contributed by atoms with van der Waals surface area (Å²) in [6, 6.07) is 32.6. The highest BCUT2D eigenvalue weighted by Gasteiger charge is 2.17. The molecule has 1 amide bonds. The minimum Gasteiger partial charge on any atom is -0.321 e. The first kappa shape index (κ1) is 21.7. The summed E-state index contributed by atoms with van der Waals surface area (Å²) in [5, 5.41) is 10.0. The standard InChI is InChI=1S/C30H27N3O/c1-20(2)22-13-15-26(16-14-22)31-30(34)28-19-29(33(32-28)27-10-6-7-21(3)17-27)25-12-11-23-8-4-5-9-24(23)18-25/h4-20H,1-3H3,(H,31,34). The molecular formula is C30H27N3O. The average molecular weight is 446 g/mol. The van der Waals surface area contributed by atoms with Crippen LogP contribution >= 0.6 is 0 Å². The number of fused-ring (bicyclic) bond motifs is 1. The van der Waals surface area contributed by atoms with E-state index in [1.807, 2.05) is 59.3 Å². The Hall–Kier alpha value is -4.18. The molecule has 4 heteroatoms. The number of anilines is 1. The van der Waals surface area contributed by atoms with E-state index in [1.54, 1.807) is 0 Å². The van der Waals surface area contributed by atoms with E-state index in [4.69, 9.17) is 5.10 Å². The number of rotatable bonds is 5. The van der Waals surface area contributed by atoms with Gasteiger partial charge in [0.25, 0.3) is 5.91 Å². The minimum atomic E-state index is -0.231. The van der Waals surface area contributed by atoms with Gasteiger partial charge in [0.1, 0.15) is 0 Å². The second kappa shape index (κ2) is 8.99. The lowest BCUT2D eigenvalue weighted by atomic mass is 10.0. The van der Waals surface area contributed by atoms with E-state index in [9.17, 15) is 4.79 Å². The largest absolute Gasteiger partial charge is 0.321 e. The molecule has 0 aliphatic rings. The monoisotopic (exact) mass is 445 g/mol. The number of amides is 1. The van der Waals surface area contributed by atoms with Crippen LogP contribution in [0.15, 0.2) is 97.1 Å². The first-order valence-electron chi connectivity index (χ1n) is 11.6. The zero-order valence-electron chi connectivity index (χ0n) is 19.6. The highest BCUT2D eigenvalue weighted by atomic mass is 16.1. The van der Waals surface area contributed by atoms with Gasteiger partial charge in [-0.3, -0.25) is 4.79 Å². The third kappa shape index (κ3) is 4.35. The van der Waals surface area contributed by atoms with Crippen LogP contribution < -0.4 is 5.32 Å². The fourth-order valence-corrected chi connectivity index (χ4v) is 4.15. The van der Waals surface area contributed by atoms with Crippen LogP contribution in [0.25, 0.3) is 27.7 Å². The lowest BCUT2D eigenvalue weighted by molar-refractivity contribution is 0.102. The Balaban J connectivity index is 1.55. The van der Waals surface area contributed by atoms with Crippen molar-refractivity contribution in [2.45, 2.75) is 26.7 Å². The molecule has 5 rings (SSSR count). The van der Waals surface area contributed by atoms with Crippen molar-refractivity contribution >= 4 is 22.4 Å². The van der Waals surface area contributed by atoms with Crippen molar-refractivity contribution in [1.82, 2.24) is 9.78 Å². The number of nitrogens with zero attached hydrogens (tertiary/aromatic N) is 2. The summed E-state index contributed by atoms with van der Waals surface area (Å²) in [6.07, 6.45) is 0. The first-order chi connectivity index (χ1) is 16.5. The van der Waals surface area contributed by atoms with E-state index in [0.717, 1.165) is 33.6 Å². The molecule has 0 saturated carbocycles. The quantitative estimate of drug-likeness (QED) is 0.307. The molecule has 1 N–H and O–H groups in total. The molecule has 0 radical (unpaired) electrons. The highest BCUT2D eigenvalue weighted by Crippen LogP contribution is 2.28. The summed E-state index contributed by atoms with van der Waals surface area (Å²) in [4.78, 5) is 13.2. The Morgan fingerprint density at radius 3 is 2.32 bits per heavy atom. The molecule has 0 fully saturated rings. The number of nitrogens with one attached hydrogen (secondary N) is 1. The fourth-order valence-electron chi connectivity index (χ4n) is 4.15. The van der Waals surface area contributed by atoms with Crippen molar-refractivity contribution in [3.05, 3.63) is 114 Å². The first-order valence-corrected chi connectivity index (χ1v) is 11.6. The van der Waals surface area contributed by atoms with Gasteiger partial charge in [0.15, 0.2) is 5.69 Å². The third-order valence-corrected chi connectivity index (χ3v) is 6.07. The van der Waals surface area contributed by atoms with E-state index in [1.165, 1.54) is 10.9 Å². The van der Waals surface area contributed by atoms with Gasteiger partial charge >= 0.3 is 0 Å². The number of hydrogen-bond donors (Lipinski definition) is 1. The smallest absolute Gasteiger partial charge is 0.276 e. The molecule has 0 unspecified atom stereocenters. The van der Waals surface area contributed by atoms with Gasteiger partial charge in [-0.1, -0.05) is 74.5 Å². The summed E-state index contributed by atoms with van der Waals surface area (Å²) >= 11 is 0. The zero-order chi connectivity index (χ0) is 23.7. The Morgan fingerprint density at radius 1 is 0.824 bits per heavy atom. The number of hydrogen-bond acceptors (Lipinski definition) is 2. The molecule has 168 valence electrons. The summed E-state index contributed by atoms with van der Waals surface area (Å²) in [7, 11) is 0. The van der Waals surface area contributed by atoms with Crippen LogP contribution in [0.4, 0.5) is 5.69 Å². The average Bonchev–Trinajstić information content (AvgIpc) is 3.30. The number of carbonyl (C=O) groups is 1. The molecule has 4 nitrogen and oxygen atoms in total. The second-order valence-corrected chi connectivity index (χ2v) is 8.96. The molecule has 0 saturated heterocycles. The van der Waals surface area contributed by atoms with Crippen LogP contribution in [0.2, 0.25) is 0 Å². The zero-order valence-corrected chi connectivity index (χ0v) is 19.6. The molecule has 0 aliphatic heterocycles. The van der Waals surface area contributed by atoms with Gasteiger partial charge in [-0.15, -0.1) is 0 Å². The Bertz CT molecular complexity index is 1480. The lowest BCUT2D eigenvalue weighted by Crippen LogP contribution is -2.13. The van der Waals surface area contributed by atoms with E-state index < -0.39 is 0 Å². The number of carbonyl (C=O) groups excluding carboxylic acids is 1. The third-order valence-electron chi connectivity index (χ3n) is 6.07. The molecule has 0 atom stereocenters. The van der Waals surface area contributed by atoms with Crippen molar-refractivity contribution < 1.29 is 4.79 Å². The predicted molar refractivity (Wildman–Crippen MR) is 140 cm³/mol. The van der Waals surface area contributed by atoms with Crippen molar-refractivity contribution in [3.63, 3.8) is 0 Å². The SMILES string of the molecule is Cc1cccc(-n2nc(C(=O)Nc3ccc(C(C)C)cc3)cc2-c2ccc3ccccc3c2)c1. The van der Waals surface area contributed by atoms with Gasteiger partial charge in [-0.2, -0.15) is 5.10 Å². The number of benzene rings is 4. The van der Waals surface area contributed by atoms with E-state index in [-0.39, 0.29) is 5.91 Å². The fraction of sp³-hybridized carbons (Fsp3) is 0.133. The van der Waals surface area contributed by atoms with Gasteiger partial charge in [0.05, 0.1) is 11.4 Å². The Labute approximate surface area is 199 Å². The van der Waals surface area contributed by atoms with Crippen LogP contribution in [0.5, 0.6) is 0 Å². The molecule has 5 aromatic rings.